The van der Waals surface area contributed by atoms with Crippen molar-refractivity contribution in [2.75, 3.05) is 30.8 Å². The van der Waals surface area contributed by atoms with Crippen LogP contribution in [-0.4, -0.2) is 19.8 Å². The summed E-state index contributed by atoms with van der Waals surface area (Å²) in [7, 11) is 0. The highest BCUT2D eigenvalue weighted by atomic mass is 16.5. The standard InChI is InChI=1S/C14H24N2O/c1-11(2)6-8-17-9-7-16-13-5-4-12(3)14(15)10-13/h4-5,10-11,16H,6-9,15H2,1-3H3. The maximum Gasteiger partial charge on any atom is 0.0639 e. The van der Waals surface area contributed by atoms with Crippen molar-refractivity contribution in [3.05, 3.63) is 23.8 Å². The lowest BCUT2D eigenvalue weighted by atomic mass is 10.1. The molecule has 96 valence electrons. The maximum absolute atomic E-state index is 5.83. The monoisotopic (exact) mass is 236 g/mol. The number of benzene rings is 1. The van der Waals surface area contributed by atoms with Gasteiger partial charge in [0.2, 0.25) is 0 Å². The molecule has 0 atom stereocenters. The van der Waals surface area contributed by atoms with Crippen LogP contribution in [0.2, 0.25) is 0 Å². The fourth-order valence-electron chi connectivity index (χ4n) is 1.44. The molecule has 0 radical (unpaired) electrons. The molecule has 3 nitrogen and oxygen atoms in total. The molecule has 3 heteroatoms. The number of anilines is 2. The van der Waals surface area contributed by atoms with E-state index in [0.717, 1.165) is 43.1 Å². The van der Waals surface area contributed by atoms with E-state index >= 15 is 0 Å². The number of hydrogen-bond acceptors (Lipinski definition) is 3. The lowest BCUT2D eigenvalue weighted by Crippen LogP contribution is -2.11. The Morgan fingerprint density at radius 2 is 2.06 bits per heavy atom. The molecule has 0 saturated heterocycles. The second-order valence-electron chi connectivity index (χ2n) is 4.79. The van der Waals surface area contributed by atoms with Crippen molar-refractivity contribution < 1.29 is 4.74 Å². The molecule has 3 N–H and O–H groups in total. The van der Waals surface area contributed by atoms with Gasteiger partial charge in [0.15, 0.2) is 0 Å². The predicted octanol–water partition coefficient (Wildman–Crippen LogP) is 3.05. The van der Waals surface area contributed by atoms with E-state index in [1.165, 1.54) is 0 Å². The summed E-state index contributed by atoms with van der Waals surface area (Å²) >= 11 is 0. The van der Waals surface area contributed by atoms with Crippen LogP contribution in [0.1, 0.15) is 25.8 Å². The van der Waals surface area contributed by atoms with Crippen LogP contribution in [0, 0.1) is 12.8 Å². The van der Waals surface area contributed by atoms with Crippen molar-refractivity contribution in [1.82, 2.24) is 0 Å². The maximum atomic E-state index is 5.83. The van der Waals surface area contributed by atoms with Gasteiger partial charge in [-0.25, -0.2) is 0 Å². The Morgan fingerprint density at radius 3 is 2.71 bits per heavy atom. The molecule has 0 unspecified atom stereocenters. The van der Waals surface area contributed by atoms with Crippen LogP contribution in [0.4, 0.5) is 11.4 Å². The van der Waals surface area contributed by atoms with Crippen molar-refractivity contribution in [2.24, 2.45) is 5.92 Å². The summed E-state index contributed by atoms with van der Waals surface area (Å²) in [6.07, 6.45) is 1.12. The molecule has 0 aliphatic rings. The SMILES string of the molecule is Cc1ccc(NCCOCCC(C)C)cc1N. The Morgan fingerprint density at radius 1 is 1.29 bits per heavy atom. The van der Waals surface area contributed by atoms with E-state index in [2.05, 4.69) is 19.2 Å². The summed E-state index contributed by atoms with van der Waals surface area (Å²) < 4.78 is 5.53. The molecule has 0 heterocycles. The Labute approximate surface area is 104 Å². The normalized spacial score (nSPS) is 10.8. The molecule has 0 amide bonds. The highest BCUT2D eigenvalue weighted by Gasteiger charge is 1.97. The van der Waals surface area contributed by atoms with Crippen LogP contribution in [0.5, 0.6) is 0 Å². The van der Waals surface area contributed by atoms with Gasteiger partial charge < -0.3 is 15.8 Å². The molecule has 1 rings (SSSR count). The molecule has 0 aromatic heterocycles. The van der Waals surface area contributed by atoms with Crippen LogP contribution in [0.25, 0.3) is 0 Å². The number of nitrogen functional groups attached to an aromatic ring is 1. The van der Waals surface area contributed by atoms with Crippen LogP contribution in [0.15, 0.2) is 18.2 Å². The molecular formula is C14H24N2O. The first kappa shape index (κ1) is 13.8. The summed E-state index contributed by atoms with van der Waals surface area (Å²) in [6, 6.07) is 6.03. The molecule has 0 bridgehead atoms. The van der Waals surface area contributed by atoms with Crippen molar-refractivity contribution >= 4 is 11.4 Å². The van der Waals surface area contributed by atoms with Gasteiger partial charge in [-0.2, -0.15) is 0 Å². The number of nitrogens with two attached hydrogens (primary N) is 1. The molecule has 0 spiro atoms. The zero-order valence-corrected chi connectivity index (χ0v) is 11.1. The molecule has 0 aliphatic heterocycles. The van der Waals surface area contributed by atoms with Gasteiger partial charge in [0, 0.05) is 24.5 Å². The molecule has 0 aliphatic carbocycles. The van der Waals surface area contributed by atoms with E-state index < -0.39 is 0 Å². The minimum Gasteiger partial charge on any atom is -0.398 e. The van der Waals surface area contributed by atoms with E-state index in [0.29, 0.717) is 5.92 Å². The van der Waals surface area contributed by atoms with Gasteiger partial charge in [-0.1, -0.05) is 19.9 Å². The molecule has 17 heavy (non-hydrogen) atoms. The Bertz CT molecular complexity index is 337. The molecule has 1 aromatic rings. The smallest absolute Gasteiger partial charge is 0.0639 e. The topological polar surface area (TPSA) is 47.3 Å². The second kappa shape index (κ2) is 7.17. The number of ether oxygens (including phenoxy) is 1. The summed E-state index contributed by atoms with van der Waals surface area (Å²) in [5.41, 5.74) is 8.83. The molecular weight excluding hydrogens is 212 g/mol. The molecule has 0 fully saturated rings. The first-order chi connectivity index (χ1) is 8.09. The Kier molecular flexibility index (Phi) is 5.84. The number of nitrogens with one attached hydrogen (secondary N) is 1. The van der Waals surface area contributed by atoms with Gasteiger partial charge in [0.1, 0.15) is 0 Å². The van der Waals surface area contributed by atoms with E-state index in [1.54, 1.807) is 0 Å². The zero-order chi connectivity index (χ0) is 12.7. The highest BCUT2D eigenvalue weighted by molar-refractivity contribution is 5.58. The molecule has 0 saturated carbocycles. The van der Waals surface area contributed by atoms with Gasteiger partial charge in [-0.05, 0) is 37.0 Å². The third-order valence-electron chi connectivity index (χ3n) is 2.69. The van der Waals surface area contributed by atoms with E-state index in [4.69, 9.17) is 10.5 Å². The fourth-order valence-corrected chi connectivity index (χ4v) is 1.44. The lowest BCUT2D eigenvalue weighted by Gasteiger charge is -2.09. The van der Waals surface area contributed by atoms with Crippen molar-refractivity contribution in [3.63, 3.8) is 0 Å². The lowest BCUT2D eigenvalue weighted by molar-refractivity contribution is 0.132. The minimum absolute atomic E-state index is 0.708. The van der Waals surface area contributed by atoms with Crippen LogP contribution < -0.4 is 11.1 Å². The summed E-state index contributed by atoms with van der Waals surface area (Å²) in [5.74, 6) is 0.708. The van der Waals surface area contributed by atoms with Crippen molar-refractivity contribution in [2.45, 2.75) is 27.2 Å². The van der Waals surface area contributed by atoms with Crippen LogP contribution >= 0.6 is 0 Å². The van der Waals surface area contributed by atoms with Gasteiger partial charge in [0.05, 0.1) is 6.61 Å². The third kappa shape index (κ3) is 5.59. The number of hydrogen-bond donors (Lipinski definition) is 2. The third-order valence-corrected chi connectivity index (χ3v) is 2.69. The summed E-state index contributed by atoms with van der Waals surface area (Å²) in [4.78, 5) is 0. The van der Waals surface area contributed by atoms with Gasteiger partial charge in [0.25, 0.3) is 0 Å². The highest BCUT2D eigenvalue weighted by Crippen LogP contribution is 2.16. The quantitative estimate of drug-likeness (QED) is 0.565. The number of aryl methyl sites for hydroxylation is 1. The van der Waals surface area contributed by atoms with Crippen LogP contribution in [0.3, 0.4) is 0 Å². The van der Waals surface area contributed by atoms with E-state index in [1.807, 2.05) is 25.1 Å². The zero-order valence-electron chi connectivity index (χ0n) is 11.1. The Hall–Kier alpha value is -1.22. The average Bonchev–Trinajstić information content (AvgIpc) is 2.27. The molecule has 1 aromatic carbocycles. The van der Waals surface area contributed by atoms with Crippen molar-refractivity contribution in [1.29, 1.82) is 0 Å². The first-order valence-corrected chi connectivity index (χ1v) is 6.27. The predicted molar refractivity (Wildman–Crippen MR) is 74.4 cm³/mol. The van der Waals surface area contributed by atoms with Gasteiger partial charge >= 0.3 is 0 Å². The van der Waals surface area contributed by atoms with E-state index in [-0.39, 0.29) is 0 Å². The number of rotatable bonds is 7. The largest absolute Gasteiger partial charge is 0.398 e. The van der Waals surface area contributed by atoms with Gasteiger partial charge in [-0.15, -0.1) is 0 Å². The van der Waals surface area contributed by atoms with Crippen LogP contribution in [-0.2, 0) is 4.74 Å². The second-order valence-corrected chi connectivity index (χ2v) is 4.79. The van der Waals surface area contributed by atoms with E-state index in [9.17, 15) is 0 Å². The summed E-state index contributed by atoms with van der Waals surface area (Å²) in [6.45, 7) is 8.82. The average molecular weight is 236 g/mol. The van der Waals surface area contributed by atoms with Crippen molar-refractivity contribution in [3.8, 4) is 0 Å². The summed E-state index contributed by atoms with van der Waals surface area (Å²) in [5, 5.41) is 3.30. The fraction of sp³-hybridized carbons (Fsp3) is 0.571. The van der Waals surface area contributed by atoms with Gasteiger partial charge in [-0.3, -0.25) is 0 Å². The Balaban J connectivity index is 2.16. The minimum atomic E-state index is 0.708. The first-order valence-electron chi connectivity index (χ1n) is 6.27.